The highest BCUT2D eigenvalue weighted by Gasteiger charge is 2.14. The second-order valence-corrected chi connectivity index (χ2v) is 6.50. The maximum atomic E-state index is 11.8. The molecule has 1 heterocycles. The van der Waals surface area contributed by atoms with Gasteiger partial charge >= 0.3 is 0 Å². The van der Waals surface area contributed by atoms with Crippen molar-refractivity contribution in [2.75, 3.05) is 6.61 Å². The van der Waals surface area contributed by atoms with Crippen LogP contribution in [-0.2, 0) is 11.3 Å². The van der Waals surface area contributed by atoms with Crippen LogP contribution in [0.15, 0.2) is 30.3 Å². The number of carbonyl (C=O) groups excluding carboxylic acids is 1. The first kappa shape index (κ1) is 14.8. The molecule has 2 nitrogen and oxygen atoms in total. The molecule has 6 heteroatoms. The van der Waals surface area contributed by atoms with Crippen LogP contribution in [0.5, 0.6) is 0 Å². The molecule has 0 spiro atoms. The summed E-state index contributed by atoms with van der Waals surface area (Å²) in [6, 6.07) is 8.81. The van der Waals surface area contributed by atoms with Crippen LogP contribution in [0.2, 0.25) is 13.7 Å². The Bertz CT molecular complexity index is 578. The smallest absolute Gasteiger partial charge is 0.190 e. The van der Waals surface area contributed by atoms with Crippen molar-refractivity contribution in [3.05, 3.63) is 55.2 Å². The number of hydrogen-bond donors (Lipinski definition) is 0. The number of benzene rings is 1. The Hall–Kier alpha value is -0.580. The first-order valence-corrected chi connectivity index (χ1v) is 7.31. The molecule has 2 aromatic rings. The largest absolute Gasteiger partial charge is 0.369 e. The molecule has 0 saturated carbocycles. The second kappa shape index (κ2) is 6.73. The summed E-state index contributed by atoms with van der Waals surface area (Å²) < 4.78 is 6.24. The van der Waals surface area contributed by atoms with E-state index in [0.29, 0.717) is 25.9 Å². The van der Waals surface area contributed by atoms with Gasteiger partial charge in [0, 0.05) is 5.02 Å². The van der Waals surface area contributed by atoms with Gasteiger partial charge in [0.05, 0.1) is 16.5 Å². The molecule has 0 aliphatic rings. The monoisotopic (exact) mass is 334 g/mol. The lowest BCUT2D eigenvalue weighted by Crippen LogP contribution is -2.08. The third-order valence-electron chi connectivity index (χ3n) is 2.37. The van der Waals surface area contributed by atoms with Crippen LogP contribution in [-0.4, -0.2) is 12.4 Å². The van der Waals surface area contributed by atoms with Gasteiger partial charge in [0.15, 0.2) is 5.78 Å². The fourth-order valence-electron chi connectivity index (χ4n) is 1.45. The Balaban J connectivity index is 1.87. The van der Waals surface area contributed by atoms with E-state index in [1.54, 1.807) is 18.2 Å². The van der Waals surface area contributed by atoms with Gasteiger partial charge in [-0.05, 0) is 23.8 Å². The van der Waals surface area contributed by atoms with E-state index in [1.807, 2.05) is 12.1 Å². The van der Waals surface area contributed by atoms with E-state index >= 15 is 0 Å². The van der Waals surface area contributed by atoms with Crippen LogP contribution in [0.4, 0.5) is 0 Å². The fourth-order valence-corrected chi connectivity index (χ4v) is 3.08. The number of thiophene rings is 1. The maximum absolute atomic E-state index is 11.8. The minimum absolute atomic E-state index is 0.0323. The van der Waals surface area contributed by atoms with Gasteiger partial charge in [-0.2, -0.15) is 0 Å². The standard InChI is InChI=1S/C13H9Cl3O2S/c14-9-3-1-8(2-4-9)6-18-7-11(17)10-5-12(15)19-13(10)16/h1-5H,6-7H2. The number of halogens is 3. The summed E-state index contributed by atoms with van der Waals surface area (Å²) in [4.78, 5) is 11.8. The second-order valence-electron chi connectivity index (χ2n) is 3.78. The van der Waals surface area contributed by atoms with E-state index in [0.717, 1.165) is 5.56 Å². The Labute approximate surface area is 129 Å². The predicted molar refractivity (Wildman–Crippen MR) is 79.8 cm³/mol. The number of hydrogen-bond acceptors (Lipinski definition) is 3. The first-order valence-electron chi connectivity index (χ1n) is 5.36. The topological polar surface area (TPSA) is 26.3 Å². The quantitative estimate of drug-likeness (QED) is 0.710. The summed E-state index contributed by atoms with van der Waals surface area (Å²) in [5, 5.41) is 0.666. The van der Waals surface area contributed by atoms with E-state index in [1.165, 1.54) is 11.3 Å². The van der Waals surface area contributed by atoms with Crippen molar-refractivity contribution in [2.45, 2.75) is 6.61 Å². The lowest BCUT2D eigenvalue weighted by atomic mass is 10.2. The van der Waals surface area contributed by atoms with Gasteiger partial charge in [-0.1, -0.05) is 46.9 Å². The minimum Gasteiger partial charge on any atom is -0.369 e. The van der Waals surface area contributed by atoms with Crippen LogP contribution in [0.1, 0.15) is 15.9 Å². The van der Waals surface area contributed by atoms with Crippen molar-refractivity contribution < 1.29 is 9.53 Å². The Morgan fingerprint density at radius 2 is 1.84 bits per heavy atom. The summed E-state index contributed by atoms with van der Waals surface area (Å²) >= 11 is 18.6. The molecule has 1 aromatic carbocycles. The average Bonchev–Trinajstić information content (AvgIpc) is 2.71. The Morgan fingerprint density at radius 3 is 2.42 bits per heavy atom. The molecule has 100 valence electrons. The number of carbonyl (C=O) groups is 1. The number of Topliss-reactive ketones (excluding diaryl/α,β-unsaturated/α-hetero) is 1. The SMILES string of the molecule is O=C(COCc1ccc(Cl)cc1)c1cc(Cl)sc1Cl. The van der Waals surface area contributed by atoms with Gasteiger partial charge in [-0.3, -0.25) is 4.79 Å². The van der Waals surface area contributed by atoms with E-state index in [4.69, 9.17) is 39.5 Å². The predicted octanol–water partition coefficient (Wildman–Crippen LogP) is 5.11. The zero-order chi connectivity index (χ0) is 13.8. The molecule has 0 amide bonds. The number of ketones is 1. The van der Waals surface area contributed by atoms with Gasteiger partial charge in [-0.15, -0.1) is 11.3 Å². The lowest BCUT2D eigenvalue weighted by Gasteiger charge is -2.03. The summed E-state index contributed by atoms with van der Waals surface area (Å²) in [6.45, 7) is 0.313. The molecule has 0 atom stereocenters. The number of ether oxygens (including phenoxy) is 1. The van der Waals surface area contributed by atoms with E-state index in [2.05, 4.69) is 0 Å². The normalized spacial score (nSPS) is 10.7. The maximum Gasteiger partial charge on any atom is 0.190 e. The summed E-state index contributed by atoms with van der Waals surface area (Å²) in [5.41, 5.74) is 1.36. The highest BCUT2D eigenvalue weighted by atomic mass is 35.5. The van der Waals surface area contributed by atoms with Crippen LogP contribution in [0.3, 0.4) is 0 Å². The van der Waals surface area contributed by atoms with Crippen LogP contribution in [0, 0.1) is 0 Å². The highest BCUT2D eigenvalue weighted by Crippen LogP contribution is 2.31. The lowest BCUT2D eigenvalue weighted by molar-refractivity contribution is 0.0727. The first-order chi connectivity index (χ1) is 9.06. The van der Waals surface area contributed by atoms with Crippen molar-refractivity contribution in [1.29, 1.82) is 0 Å². The van der Waals surface area contributed by atoms with E-state index < -0.39 is 0 Å². The summed E-state index contributed by atoms with van der Waals surface area (Å²) in [5.74, 6) is -0.179. The Kier molecular flexibility index (Phi) is 5.25. The fraction of sp³-hybridized carbons (Fsp3) is 0.154. The molecule has 0 bridgehead atoms. The molecule has 19 heavy (non-hydrogen) atoms. The molecule has 0 fully saturated rings. The minimum atomic E-state index is -0.179. The summed E-state index contributed by atoms with van der Waals surface area (Å²) in [7, 11) is 0. The molecule has 2 rings (SSSR count). The number of rotatable bonds is 5. The molecule has 0 aliphatic heterocycles. The molecular weight excluding hydrogens is 327 g/mol. The zero-order valence-corrected chi connectivity index (χ0v) is 12.7. The van der Waals surface area contributed by atoms with Crippen molar-refractivity contribution in [2.24, 2.45) is 0 Å². The van der Waals surface area contributed by atoms with Gasteiger partial charge in [0.2, 0.25) is 0 Å². The molecule has 0 saturated heterocycles. The third kappa shape index (κ3) is 4.20. The zero-order valence-electron chi connectivity index (χ0n) is 9.66. The third-order valence-corrected chi connectivity index (χ3v) is 4.11. The van der Waals surface area contributed by atoms with Crippen LogP contribution >= 0.6 is 46.1 Å². The molecule has 0 N–H and O–H groups in total. The molecule has 0 radical (unpaired) electrons. The van der Waals surface area contributed by atoms with Gasteiger partial charge in [-0.25, -0.2) is 0 Å². The Morgan fingerprint density at radius 1 is 1.16 bits per heavy atom. The van der Waals surface area contributed by atoms with Gasteiger partial charge < -0.3 is 4.74 Å². The van der Waals surface area contributed by atoms with Crippen molar-refractivity contribution in [1.82, 2.24) is 0 Å². The summed E-state index contributed by atoms with van der Waals surface area (Å²) in [6.07, 6.45) is 0. The van der Waals surface area contributed by atoms with Crippen molar-refractivity contribution in [3.8, 4) is 0 Å². The van der Waals surface area contributed by atoms with E-state index in [9.17, 15) is 4.79 Å². The highest BCUT2D eigenvalue weighted by molar-refractivity contribution is 7.20. The van der Waals surface area contributed by atoms with Gasteiger partial charge in [0.25, 0.3) is 0 Å². The van der Waals surface area contributed by atoms with E-state index in [-0.39, 0.29) is 12.4 Å². The van der Waals surface area contributed by atoms with Crippen LogP contribution in [0.25, 0.3) is 0 Å². The van der Waals surface area contributed by atoms with Gasteiger partial charge in [0.1, 0.15) is 10.9 Å². The molecule has 0 unspecified atom stereocenters. The molecular formula is C13H9Cl3O2S. The van der Waals surface area contributed by atoms with Crippen molar-refractivity contribution >= 4 is 51.9 Å². The van der Waals surface area contributed by atoms with Crippen molar-refractivity contribution in [3.63, 3.8) is 0 Å². The average molecular weight is 336 g/mol. The molecule has 0 aliphatic carbocycles. The molecule has 1 aromatic heterocycles. The van der Waals surface area contributed by atoms with Crippen LogP contribution < -0.4 is 0 Å².